The topological polar surface area (TPSA) is 41.5 Å². The molecule has 4 heteroatoms. The molecule has 15 heavy (non-hydrogen) atoms. The summed E-state index contributed by atoms with van der Waals surface area (Å²) in [6.45, 7) is 2.49. The van der Waals surface area contributed by atoms with Crippen molar-refractivity contribution in [3.8, 4) is 11.5 Å². The summed E-state index contributed by atoms with van der Waals surface area (Å²) >= 11 is 0. The fourth-order valence-corrected chi connectivity index (χ4v) is 1.48. The molecule has 0 bridgehead atoms. The van der Waals surface area contributed by atoms with Crippen LogP contribution in [0.4, 0.5) is 4.39 Å². The number of rotatable bonds is 4. The Hall–Kier alpha value is -1.29. The second-order valence-electron chi connectivity index (χ2n) is 3.38. The van der Waals surface area contributed by atoms with Crippen LogP contribution in [0.25, 0.3) is 0 Å². The van der Waals surface area contributed by atoms with Gasteiger partial charge in [0.1, 0.15) is 0 Å². The molecule has 0 amide bonds. The molecule has 3 nitrogen and oxygen atoms in total. The van der Waals surface area contributed by atoms with Crippen LogP contribution in [0, 0.1) is 12.7 Å². The van der Waals surface area contributed by atoms with Gasteiger partial charge in [0.25, 0.3) is 0 Å². The molecule has 0 aliphatic carbocycles. The number of nitrogens with one attached hydrogen (secondary N) is 1. The summed E-state index contributed by atoms with van der Waals surface area (Å²) in [5.74, 6) is -0.712. The van der Waals surface area contributed by atoms with Crippen molar-refractivity contribution in [2.75, 3.05) is 20.7 Å². The van der Waals surface area contributed by atoms with E-state index in [0.717, 1.165) is 12.1 Å². The van der Waals surface area contributed by atoms with Crippen LogP contribution < -0.4 is 10.1 Å². The third kappa shape index (κ3) is 2.39. The summed E-state index contributed by atoms with van der Waals surface area (Å²) in [4.78, 5) is 0. The fourth-order valence-electron chi connectivity index (χ4n) is 1.48. The minimum Gasteiger partial charge on any atom is -0.504 e. The van der Waals surface area contributed by atoms with Gasteiger partial charge in [-0.25, -0.2) is 4.39 Å². The molecule has 2 N–H and O–H groups in total. The van der Waals surface area contributed by atoms with E-state index in [1.807, 2.05) is 7.05 Å². The molecule has 0 saturated heterocycles. The highest BCUT2D eigenvalue weighted by molar-refractivity contribution is 5.50. The molecule has 0 unspecified atom stereocenters. The maximum Gasteiger partial charge on any atom is 0.196 e. The molecule has 84 valence electrons. The first-order chi connectivity index (χ1) is 7.11. The second-order valence-corrected chi connectivity index (χ2v) is 3.38. The van der Waals surface area contributed by atoms with E-state index < -0.39 is 5.82 Å². The summed E-state index contributed by atoms with van der Waals surface area (Å²) in [6.07, 6.45) is 0.677. The van der Waals surface area contributed by atoms with Gasteiger partial charge in [-0.1, -0.05) is 0 Å². The third-order valence-electron chi connectivity index (χ3n) is 2.42. The van der Waals surface area contributed by atoms with Crippen LogP contribution in [0.5, 0.6) is 11.5 Å². The Labute approximate surface area is 88.9 Å². The molecule has 1 aromatic carbocycles. The largest absolute Gasteiger partial charge is 0.504 e. The van der Waals surface area contributed by atoms with Gasteiger partial charge in [-0.3, -0.25) is 0 Å². The van der Waals surface area contributed by atoms with Gasteiger partial charge < -0.3 is 15.2 Å². The lowest BCUT2D eigenvalue weighted by atomic mass is 10.0. The first-order valence-corrected chi connectivity index (χ1v) is 4.81. The molecule has 0 radical (unpaired) electrons. The average molecular weight is 213 g/mol. The maximum atomic E-state index is 13.4. The van der Waals surface area contributed by atoms with Crippen molar-refractivity contribution < 1.29 is 14.2 Å². The highest BCUT2D eigenvalue weighted by Gasteiger charge is 2.14. The molecule has 0 aromatic heterocycles. The molecule has 1 rings (SSSR count). The normalized spacial score (nSPS) is 10.4. The van der Waals surface area contributed by atoms with E-state index in [1.165, 1.54) is 13.2 Å². The van der Waals surface area contributed by atoms with E-state index in [1.54, 1.807) is 6.92 Å². The Morgan fingerprint density at radius 3 is 2.73 bits per heavy atom. The van der Waals surface area contributed by atoms with Crippen LogP contribution in [0.2, 0.25) is 0 Å². The smallest absolute Gasteiger partial charge is 0.196 e. The third-order valence-corrected chi connectivity index (χ3v) is 2.42. The van der Waals surface area contributed by atoms with Gasteiger partial charge in [0.15, 0.2) is 17.3 Å². The van der Waals surface area contributed by atoms with E-state index >= 15 is 0 Å². The zero-order valence-electron chi connectivity index (χ0n) is 9.22. The number of hydrogen-bond donors (Lipinski definition) is 2. The van der Waals surface area contributed by atoms with Gasteiger partial charge in [-0.2, -0.15) is 0 Å². The highest BCUT2D eigenvalue weighted by Crippen LogP contribution is 2.34. The van der Waals surface area contributed by atoms with E-state index in [-0.39, 0.29) is 11.5 Å². The predicted molar refractivity (Wildman–Crippen MR) is 57.0 cm³/mol. The Bertz CT molecular complexity index is 353. The van der Waals surface area contributed by atoms with Crippen molar-refractivity contribution in [3.05, 3.63) is 23.0 Å². The standard InChI is InChI=1S/C11H16FNO2/c1-7-8(4-5-13-2)6-9(12)11(15-3)10(7)14/h6,13-14H,4-5H2,1-3H3. The van der Waals surface area contributed by atoms with Crippen molar-refractivity contribution in [2.24, 2.45) is 0 Å². The first kappa shape index (κ1) is 11.8. The van der Waals surface area contributed by atoms with Gasteiger partial charge in [-0.05, 0) is 44.1 Å². The summed E-state index contributed by atoms with van der Waals surface area (Å²) in [6, 6.07) is 1.41. The number of phenols is 1. The summed E-state index contributed by atoms with van der Waals surface area (Å²) in [5, 5.41) is 12.6. The highest BCUT2D eigenvalue weighted by atomic mass is 19.1. The number of halogens is 1. The van der Waals surface area contributed by atoms with Crippen molar-refractivity contribution >= 4 is 0 Å². The zero-order chi connectivity index (χ0) is 11.4. The molecule has 1 aromatic rings. The first-order valence-electron chi connectivity index (χ1n) is 4.81. The van der Waals surface area contributed by atoms with Crippen molar-refractivity contribution in [3.63, 3.8) is 0 Å². The maximum absolute atomic E-state index is 13.4. The molecular weight excluding hydrogens is 197 g/mol. The Morgan fingerprint density at radius 1 is 1.53 bits per heavy atom. The van der Waals surface area contributed by atoms with E-state index in [0.29, 0.717) is 12.0 Å². The van der Waals surface area contributed by atoms with Crippen LogP contribution in [-0.2, 0) is 6.42 Å². The zero-order valence-corrected chi connectivity index (χ0v) is 9.22. The van der Waals surface area contributed by atoms with Gasteiger partial charge in [0.2, 0.25) is 0 Å². The number of benzene rings is 1. The molecule has 0 saturated carbocycles. The van der Waals surface area contributed by atoms with Gasteiger partial charge in [-0.15, -0.1) is 0 Å². The van der Waals surface area contributed by atoms with E-state index in [2.05, 4.69) is 5.32 Å². The number of aromatic hydroxyl groups is 1. The Kier molecular flexibility index (Phi) is 3.91. The van der Waals surface area contributed by atoms with Gasteiger partial charge >= 0.3 is 0 Å². The molecule has 0 aliphatic heterocycles. The fraction of sp³-hybridized carbons (Fsp3) is 0.455. The summed E-state index contributed by atoms with van der Waals surface area (Å²) in [5.41, 5.74) is 1.46. The van der Waals surface area contributed by atoms with Crippen LogP contribution in [-0.4, -0.2) is 25.8 Å². The molecule has 0 heterocycles. The van der Waals surface area contributed by atoms with Crippen LogP contribution in [0.3, 0.4) is 0 Å². The minimum atomic E-state index is -0.522. The van der Waals surface area contributed by atoms with Crippen molar-refractivity contribution in [1.29, 1.82) is 0 Å². The predicted octanol–water partition coefficient (Wildman–Crippen LogP) is 1.61. The lowest BCUT2D eigenvalue weighted by Gasteiger charge is -2.12. The molecule has 0 spiro atoms. The van der Waals surface area contributed by atoms with E-state index in [4.69, 9.17) is 4.74 Å². The molecular formula is C11H16FNO2. The van der Waals surface area contributed by atoms with Crippen molar-refractivity contribution in [1.82, 2.24) is 5.32 Å². The van der Waals surface area contributed by atoms with Gasteiger partial charge in [0, 0.05) is 0 Å². The minimum absolute atomic E-state index is 0.0827. The summed E-state index contributed by atoms with van der Waals surface area (Å²) in [7, 11) is 3.17. The second kappa shape index (κ2) is 4.98. The number of ether oxygens (including phenoxy) is 1. The van der Waals surface area contributed by atoms with Crippen molar-refractivity contribution in [2.45, 2.75) is 13.3 Å². The molecule has 0 atom stereocenters. The monoisotopic (exact) mass is 213 g/mol. The molecule has 0 fully saturated rings. The Balaban J connectivity index is 3.10. The lowest BCUT2D eigenvalue weighted by Crippen LogP contribution is -2.11. The molecule has 0 aliphatic rings. The number of methoxy groups -OCH3 is 1. The van der Waals surface area contributed by atoms with Crippen LogP contribution in [0.1, 0.15) is 11.1 Å². The number of phenolic OH excluding ortho intramolecular Hbond substituents is 1. The van der Waals surface area contributed by atoms with Crippen LogP contribution >= 0.6 is 0 Å². The van der Waals surface area contributed by atoms with Gasteiger partial charge in [0.05, 0.1) is 7.11 Å². The van der Waals surface area contributed by atoms with E-state index in [9.17, 15) is 9.50 Å². The number of likely N-dealkylation sites (N-methyl/N-ethyl adjacent to an activating group) is 1. The lowest BCUT2D eigenvalue weighted by molar-refractivity contribution is 0.349. The van der Waals surface area contributed by atoms with Crippen LogP contribution in [0.15, 0.2) is 6.07 Å². The average Bonchev–Trinajstić information content (AvgIpc) is 2.22. The SMILES string of the molecule is CNCCc1cc(F)c(OC)c(O)c1C. The quantitative estimate of drug-likeness (QED) is 0.798. The number of hydrogen-bond acceptors (Lipinski definition) is 3. The Morgan fingerprint density at radius 2 is 2.20 bits per heavy atom. The summed E-state index contributed by atoms with van der Waals surface area (Å²) < 4.78 is 18.2.